The van der Waals surface area contributed by atoms with Crippen molar-refractivity contribution in [2.75, 3.05) is 30.4 Å². The van der Waals surface area contributed by atoms with Crippen molar-refractivity contribution in [3.63, 3.8) is 0 Å². The number of carbonyl (C=O) groups is 4. The molecule has 0 fully saturated rings. The number of aromatic amines is 1. The van der Waals surface area contributed by atoms with E-state index in [9.17, 15) is 24.0 Å². The summed E-state index contributed by atoms with van der Waals surface area (Å²) < 4.78 is 9.96. The van der Waals surface area contributed by atoms with Crippen molar-refractivity contribution in [1.29, 1.82) is 0 Å². The van der Waals surface area contributed by atoms with Crippen LogP contribution in [0.2, 0.25) is 0 Å². The summed E-state index contributed by atoms with van der Waals surface area (Å²) in [5.74, 6) is -0.825. The molecule has 0 saturated heterocycles. The zero-order chi connectivity index (χ0) is 29.2. The summed E-state index contributed by atoms with van der Waals surface area (Å²) in [6.07, 6.45) is 1.33. The Labute approximate surface area is 232 Å². The van der Waals surface area contributed by atoms with Crippen LogP contribution in [0.1, 0.15) is 62.0 Å². The van der Waals surface area contributed by atoms with Gasteiger partial charge >= 0.3 is 11.9 Å². The highest BCUT2D eigenvalue weighted by Gasteiger charge is 2.27. The third-order valence-corrected chi connectivity index (χ3v) is 6.71. The summed E-state index contributed by atoms with van der Waals surface area (Å²) in [6, 6.07) is 6.14. The normalized spacial score (nSPS) is 15.6. The van der Waals surface area contributed by atoms with Gasteiger partial charge in [-0.2, -0.15) is 4.98 Å². The number of fused-ring (bicyclic) bond motifs is 1. The van der Waals surface area contributed by atoms with Gasteiger partial charge in [0.2, 0.25) is 11.9 Å². The summed E-state index contributed by atoms with van der Waals surface area (Å²) in [5, 5.41) is 8.38. The van der Waals surface area contributed by atoms with Crippen molar-refractivity contribution in [2.24, 2.45) is 11.8 Å². The number of nitrogens with one attached hydrogen (secondary N) is 4. The first kappa shape index (κ1) is 30.3. The van der Waals surface area contributed by atoms with Crippen LogP contribution in [0, 0.1) is 11.8 Å². The average Bonchev–Trinajstić information content (AvgIpc) is 2.91. The van der Waals surface area contributed by atoms with Gasteiger partial charge in [0.25, 0.3) is 11.5 Å². The van der Waals surface area contributed by atoms with Crippen LogP contribution in [0.3, 0.4) is 0 Å². The van der Waals surface area contributed by atoms with Crippen LogP contribution in [0.15, 0.2) is 29.1 Å². The average molecular weight is 556 g/mol. The van der Waals surface area contributed by atoms with Crippen molar-refractivity contribution in [3.8, 4) is 0 Å². The second-order valence-corrected chi connectivity index (χ2v) is 9.77. The van der Waals surface area contributed by atoms with E-state index in [0.29, 0.717) is 29.9 Å². The van der Waals surface area contributed by atoms with Crippen LogP contribution < -0.4 is 21.5 Å². The Bertz CT molecular complexity index is 1270. The molecule has 1 aromatic carbocycles. The first-order chi connectivity index (χ1) is 19.1. The molecule has 40 heavy (non-hydrogen) atoms. The number of amides is 2. The summed E-state index contributed by atoms with van der Waals surface area (Å²) in [6.45, 7) is 7.84. The Hall–Kier alpha value is -4.22. The van der Waals surface area contributed by atoms with Crippen LogP contribution >= 0.6 is 0 Å². The van der Waals surface area contributed by atoms with Gasteiger partial charge in [-0.1, -0.05) is 19.1 Å². The lowest BCUT2D eigenvalue weighted by molar-refractivity contribution is -0.146. The molecule has 1 aliphatic heterocycles. The van der Waals surface area contributed by atoms with Gasteiger partial charge in [0.05, 0.1) is 18.8 Å². The lowest BCUT2D eigenvalue weighted by Crippen LogP contribution is -2.42. The number of nitrogens with zero attached hydrogens (tertiary/aromatic N) is 1. The van der Waals surface area contributed by atoms with E-state index < -0.39 is 23.9 Å². The highest BCUT2D eigenvalue weighted by molar-refractivity contribution is 5.97. The molecule has 2 aromatic rings. The lowest BCUT2D eigenvalue weighted by atomic mass is 9.82. The Balaban J connectivity index is 1.60. The molecule has 2 unspecified atom stereocenters. The minimum absolute atomic E-state index is 0.0205. The maximum atomic E-state index is 12.8. The fraction of sp³-hybridized carbons (Fsp3) is 0.500. The Kier molecular flexibility index (Phi) is 10.8. The second kappa shape index (κ2) is 14.2. The molecule has 4 N–H and O–H groups in total. The summed E-state index contributed by atoms with van der Waals surface area (Å²) in [4.78, 5) is 67.7. The predicted octanol–water partition coefficient (Wildman–Crippen LogP) is 2.20. The molecule has 1 aromatic heterocycles. The van der Waals surface area contributed by atoms with E-state index in [1.54, 1.807) is 26.0 Å². The zero-order valence-electron chi connectivity index (χ0n) is 23.3. The van der Waals surface area contributed by atoms with Crippen LogP contribution in [0.25, 0.3) is 0 Å². The van der Waals surface area contributed by atoms with Gasteiger partial charge in [0, 0.05) is 25.5 Å². The molecular formula is C28H37N5O7. The number of hydrogen-bond acceptors (Lipinski definition) is 9. The van der Waals surface area contributed by atoms with E-state index >= 15 is 0 Å². The SMILES string of the molecule is CCOC(=O)CC[C@@H](NC(=O)c1ccc(CC(C)C2CNc3nc(NC(C)=O)[nH]c(=O)c3C2)cc1)C(=O)OCC. The fourth-order valence-corrected chi connectivity index (χ4v) is 4.58. The molecule has 2 heterocycles. The van der Waals surface area contributed by atoms with E-state index in [2.05, 4.69) is 32.8 Å². The van der Waals surface area contributed by atoms with Gasteiger partial charge in [-0.25, -0.2) is 4.79 Å². The number of H-pyrrole nitrogens is 1. The minimum Gasteiger partial charge on any atom is -0.466 e. The third-order valence-electron chi connectivity index (χ3n) is 6.71. The largest absolute Gasteiger partial charge is 0.466 e. The van der Waals surface area contributed by atoms with Crippen LogP contribution in [-0.2, 0) is 36.7 Å². The van der Waals surface area contributed by atoms with E-state index in [1.807, 2.05) is 12.1 Å². The van der Waals surface area contributed by atoms with E-state index in [1.165, 1.54) is 6.92 Å². The number of aromatic nitrogens is 2. The Morgan fingerprint density at radius 2 is 1.80 bits per heavy atom. The minimum atomic E-state index is -0.967. The Morgan fingerprint density at radius 1 is 1.10 bits per heavy atom. The standard InChI is InChI=1S/C28H37N5O7/c1-5-39-23(35)12-11-22(27(38)40-6-2)31-25(36)19-9-7-18(8-10-19)13-16(3)20-14-21-24(29-15-20)32-28(30-17(4)34)33-26(21)37/h7-10,16,20,22H,5-6,11-15H2,1-4H3,(H,31,36)(H3,29,30,32,33,34,37)/t16?,20?,22-/m1/s1. The van der Waals surface area contributed by atoms with Crippen LogP contribution in [0.4, 0.5) is 11.8 Å². The molecule has 0 spiro atoms. The van der Waals surface area contributed by atoms with E-state index in [0.717, 1.165) is 12.0 Å². The first-order valence-electron chi connectivity index (χ1n) is 13.5. The monoisotopic (exact) mass is 555 g/mol. The van der Waals surface area contributed by atoms with Gasteiger partial charge in [0.15, 0.2) is 0 Å². The van der Waals surface area contributed by atoms with Crippen LogP contribution in [-0.4, -0.2) is 59.5 Å². The topological polar surface area (TPSA) is 169 Å². The highest BCUT2D eigenvalue weighted by Crippen LogP contribution is 2.27. The van der Waals surface area contributed by atoms with Gasteiger partial charge in [-0.05, 0) is 62.6 Å². The highest BCUT2D eigenvalue weighted by atomic mass is 16.5. The van der Waals surface area contributed by atoms with Crippen molar-refractivity contribution in [3.05, 3.63) is 51.3 Å². The smallest absolute Gasteiger partial charge is 0.328 e. The predicted molar refractivity (Wildman–Crippen MR) is 148 cm³/mol. The number of benzene rings is 1. The van der Waals surface area contributed by atoms with Crippen molar-refractivity contribution in [2.45, 2.75) is 59.4 Å². The summed E-state index contributed by atoms with van der Waals surface area (Å²) >= 11 is 0. The molecule has 12 nitrogen and oxygen atoms in total. The first-order valence-corrected chi connectivity index (χ1v) is 13.5. The number of hydrogen-bond donors (Lipinski definition) is 4. The second-order valence-electron chi connectivity index (χ2n) is 9.77. The maximum Gasteiger partial charge on any atom is 0.328 e. The molecule has 2 amide bonds. The van der Waals surface area contributed by atoms with E-state index in [4.69, 9.17) is 9.47 Å². The molecule has 216 valence electrons. The molecule has 0 saturated carbocycles. The number of ether oxygens (including phenoxy) is 2. The molecule has 1 aliphatic rings. The van der Waals surface area contributed by atoms with Crippen molar-refractivity contribution >= 4 is 35.5 Å². The molecule has 3 rings (SSSR count). The molecular weight excluding hydrogens is 518 g/mol. The molecule has 3 atom stereocenters. The van der Waals surface area contributed by atoms with Gasteiger partial charge < -0.3 is 20.1 Å². The third kappa shape index (κ3) is 8.39. The molecule has 0 aliphatic carbocycles. The number of anilines is 2. The van der Waals surface area contributed by atoms with Crippen molar-refractivity contribution in [1.82, 2.24) is 15.3 Å². The lowest BCUT2D eigenvalue weighted by Gasteiger charge is -2.29. The zero-order valence-corrected chi connectivity index (χ0v) is 23.3. The quantitative estimate of drug-likeness (QED) is 0.287. The summed E-state index contributed by atoms with van der Waals surface area (Å²) in [5.41, 5.74) is 1.68. The molecule has 12 heteroatoms. The number of carbonyl (C=O) groups excluding carboxylic acids is 4. The van der Waals surface area contributed by atoms with Crippen molar-refractivity contribution < 1.29 is 28.7 Å². The maximum absolute atomic E-state index is 12.8. The Morgan fingerprint density at radius 3 is 2.45 bits per heavy atom. The summed E-state index contributed by atoms with van der Waals surface area (Å²) in [7, 11) is 0. The van der Waals surface area contributed by atoms with Gasteiger partial charge in [0.1, 0.15) is 11.9 Å². The number of esters is 2. The van der Waals surface area contributed by atoms with Gasteiger partial charge in [-0.3, -0.25) is 29.5 Å². The van der Waals surface area contributed by atoms with Crippen LogP contribution in [0.5, 0.6) is 0 Å². The molecule has 0 bridgehead atoms. The fourth-order valence-electron chi connectivity index (χ4n) is 4.58. The van der Waals surface area contributed by atoms with Gasteiger partial charge in [-0.15, -0.1) is 0 Å². The number of rotatable bonds is 12. The molecule has 0 radical (unpaired) electrons. The van der Waals surface area contributed by atoms with E-state index in [-0.39, 0.29) is 55.3 Å².